The minimum absolute atomic E-state index is 0.157. The van der Waals surface area contributed by atoms with Crippen LogP contribution in [0.15, 0.2) is 48.5 Å². The van der Waals surface area contributed by atoms with Crippen LogP contribution >= 0.6 is 0 Å². The first-order chi connectivity index (χ1) is 13.2. The lowest BCUT2D eigenvalue weighted by Crippen LogP contribution is -2.28. The Kier molecular flexibility index (Phi) is 7.18. The van der Waals surface area contributed by atoms with E-state index in [9.17, 15) is 14.7 Å². The molecule has 0 aromatic heterocycles. The van der Waals surface area contributed by atoms with Gasteiger partial charge in [-0.15, -0.1) is 0 Å². The average Bonchev–Trinajstić information content (AvgIpc) is 2.65. The molecule has 1 N–H and O–H groups in total. The molecule has 0 saturated carbocycles. The fourth-order valence-corrected chi connectivity index (χ4v) is 2.46. The Morgan fingerprint density at radius 2 is 1.54 bits per heavy atom. The van der Waals surface area contributed by atoms with Crippen LogP contribution in [0.3, 0.4) is 0 Å². The average molecular weight is 386 g/mol. The van der Waals surface area contributed by atoms with Gasteiger partial charge in [-0.2, -0.15) is 0 Å². The maximum Gasteiger partial charge on any atom is 0.338 e. The van der Waals surface area contributed by atoms with E-state index >= 15 is 0 Å². The molecule has 0 fully saturated rings. The summed E-state index contributed by atoms with van der Waals surface area (Å²) in [7, 11) is 1.31. The minimum atomic E-state index is -0.778. The number of aromatic hydroxyl groups is 1. The number of phenols is 1. The van der Waals surface area contributed by atoms with Gasteiger partial charge in [0, 0.05) is 6.42 Å². The molecule has 2 aromatic rings. The fraction of sp³-hybridized carbons (Fsp3) is 0.364. The van der Waals surface area contributed by atoms with Crippen molar-refractivity contribution in [3.63, 3.8) is 0 Å². The van der Waals surface area contributed by atoms with Crippen molar-refractivity contribution >= 4 is 11.9 Å². The molecule has 6 heteroatoms. The zero-order chi connectivity index (χ0) is 20.7. The molecule has 0 saturated heterocycles. The molecule has 1 unspecified atom stereocenters. The first-order valence-corrected chi connectivity index (χ1v) is 8.97. The van der Waals surface area contributed by atoms with Gasteiger partial charge >= 0.3 is 11.9 Å². The number of phenolic OH excluding ortho intramolecular Hbond substituents is 1. The number of rotatable bonds is 7. The van der Waals surface area contributed by atoms with Gasteiger partial charge < -0.3 is 19.3 Å². The van der Waals surface area contributed by atoms with Crippen LogP contribution in [0, 0.1) is 0 Å². The van der Waals surface area contributed by atoms with Crippen LogP contribution in [0.1, 0.15) is 42.3 Å². The van der Waals surface area contributed by atoms with Crippen LogP contribution in [-0.4, -0.2) is 35.9 Å². The summed E-state index contributed by atoms with van der Waals surface area (Å²) in [5, 5.41) is 9.37. The Balaban J connectivity index is 1.99. The minimum Gasteiger partial charge on any atom is -0.508 e. The first-order valence-electron chi connectivity index (χ1n) is 8.97. The van der Waals surface area contributed by atoms with E-state index in [0.29, 0.717) is 12.0 Å². The summed E-state index contributed by atoms with van der Waals surface area (Å²) in [6.45, 7) is 5.63. The summed E-state index contributed by atoms with van der Waals surface area (Å²) in [5.41, 5.74) is 1.55. The van der Waals surface area contributed by atoms with Crippen molar-refractivity contribution in [3.05, 3.63) is 65.2 Å². The number of esters is 2. The Morgan fingerprint density at radius 1 is 0.964 bits per heavy atom. The van der Waals surface area contributed by atoms with E-state index in [1.54, 1.807) is 48.5 Å². The highest BCUT2D eigenvalue weighted by molar-refractivity contribution is 5.89. The van der Waals surface area contributed by atoms with Gasteiger partial charge in [-0.1, -0.05) is 24.3 Å². The second kappa shape index (κ2) is 9.37. The van der Waals surface area contributed by atoms with E-state index < -0.39 is 17.7 Å². The molecule has 2 rings (SSSR count). The third kappa shape index (κ3) is 6.70. The lowest BCUT2D eigenvalue weighted by Gasteiger charge is -2.19. The van der Waals surface area contributed by atoms with Crippen LogP contribution < -0.4 is 0 Å². The normalized spacial score (nSPS) is 12.3. The topological polar surface area (TPSA) is 82.1 Å². The van der Waals surface area contributed by atoms with E-state index in [2.05, 4.69) is 0 Å². The summed E-state index contributed by atoms with van der Waals surface area (Å²) in [5.74, 6) is -0.706. The summed E-state index contributed by atoms with van der Waals surface area (Å²) in [6.07, 6.45) is -0.455. The largest absolute Gasteiger partial charge is 0.508 e. The van der Waals surface area contributed by atoms with Crippen molar-refractivity contribution in [2.45, 2.75) is 45.5 Å². The number of carbonyl (C=O) groups excluding carboxylic acids is 2. The molecule has 0 bridgehead atoms. The second-order valence-electron chi connectivity index (χ2n) is 7.39. The lowest BCUT2D eigenvalue weighted by molar-refractivity contribution is -0.154. The van der Waals surface area contributed by atoms with E-state index in [1.165, 1.54) is 7.11 Å². The number of hydrogen-bond acceptors (Lipinski definition) is 6. The maximum absolute atomic E-state index is 12.1. The van der Waals surface area contributed by atoms with Crippen molar-refractivity contribution in [2.75, 3.05) is 7.11 Å². The molecule has 150 valence electrons. The van der Waals surface area contributed by atoms with Crippen LogP contribution in [0.4, 0.5) is 0 Å². The molecule has 0 aliphatic carbocycles. The number of hydrogen-bond donors (Lipinski definition) is 1. The van der Waals surface area contributed by atoms with Gasteiger partial charge in [-0.3, -0.25) is 0 Å². The van der Waals surface area contributed by atoms with Gasteiger partial charge in [-0.25, -0.2) is 9.59 Å². The van der Waals surface area contributed by atoms with Gasteiger partial charge in [0.15, 0.2) is 6.10 Å². The Hall–Kier alpha value is -2.86. The molecule has 0 amide bonds. The number of carbonyl (C=O) groups is 2. The van der Waals surface area contributed by atoms with Crippen molar-refractivity contribution in [3.8, 4) is 5.75 Å². The van der Waals surface area contributed by atoms with Crippen molar-refractivity contribution in [1.82, 2.24) is 0 Å². The van der Waals surface area contributed by atoms with Gasteiger partial charge in [0.1, 0.15) is 11.4 Å². The van der Waals surface area contributed by atoms with Gasteiger partial charge in [-0.05, 0) is 56.2 Å². The molecule has 1 atom stereocenters. The molecule has 0 heterocycles. The summed E-state index contributed by atoms with van der Waals surface area (Å²) >= 11 is 0. The van der Waals surface area contributed by atoms with Gasteiger partial charge in [0.25, 0.3) is 0 Å². The second-order valence-corrected chi connectivity index (χ2v) is 7.39. The fourth-order valence-electron chi connectivity index (χ4n) is 2.46. The molecule has 28 heavy (non-hydrogen) atoms. The van der Waals surface area contributed by atoms with E-state index in [1.807, 2.05) is 20.8 Å². The van der Waals surface area contributed by atoms with Crippen molar-refractivity contribution in [2.24, 2.45) is 0 Å². The molecular weight excluding hydrogens is 360 g/mol. The van der Waals surface area contributed by atoms with E-state index in [0.717, 1.165) is 11.1 Å². The highest BCUT2D eigenvalue weighted by Gasteiger charge is 2.21. The molecule has 6 nitrogen and oxygen atoms in total. The summed E-state index contributed by atoms with van der Waals surface area (Å²) in [6, 6.07) is 13.4. The van der Waals surface area contributed by atoms with Crippen LogP contribution in [-0.2, 0) is 32.0 Å². The highest BCUT2D eigenvalue weighted by Crippen LogP contribution is 2.16. The SMILES string of the molecule is COC(=O)C(Cc1ccc(O)cc1)OCc1ccc(C(=O)OC(C)(C)C)cc1. The Bertz CT molecular complexity index is 787. The molecule has 2 aromatic carbocycles. The number of ether oxygens (including phenoxy) is 3. The highest BCUT2D eigenvalue weighted by atomic mass is 16.6. The summed E-state index contributed by atoms with van der Waals surface area (Å²) < 4.78 is 15.9. The molecule has 0 radical (unpaired) electrons. The molecule has 0 spiro atoms. The molecular formula is C22H26O6. The standard InChI is InChI=1S/C22H26O6/c1-22(2,3)28-20(24)17-9-5-16(6-10-17)14-27-19(21(25)26-4)13-15-7-11-18(23)12-8-15/h5-12,19,23H,13-14H2,1-4H3. The van der Waals surface area contributed by atoms with Crippen molar-refractivity contribution in [1.29, 1.82) is 0 Å². The van der Waals surface area contributed by atoms with Crippen LogP contribution in [0.25, 0.3) is 0 Å². The van der Waals surface area contributed by atoms with Gasteiger partial charge in [0.05, 0.1) is 19.3 Å². The summed E-state index contributed by atoms with van der Waals surface area (Å²) in [4.78, 5) is 24.1. The third-order valence-corrected chi connectivity index (χ3v) is 3.86. The Morgan fingerprint density at radius 3 is 2.07 bits per heavy atom. The zero-order valence-corrected chi connectivity index (χ0v) is 16.6. The van der Waals surface area contributed by atoms with Crippen LogP contribution in [0.5, 0.6) is 5.75 Å². The van der Waals surface area contributed by atoms with Crippen molar-refractivity contribution < 1.29 is 28.9 Å². The van der Waals surface area contributed by atoms with E-state index in [-0.39, 0.29) is 18.3 Å². The maximum atomic E-state index is 12.1. The Labute approximate surface area is 165 Å². The van der Waals surface area contributed by atoms with Crippen LogP contribution in [0.2, 0.25) is 0 Å². The number of benzene rings is 2. The zero-order valence-electron chi connectivity index (χ0n) is 16.6. The lowest BCUT2D eigenvalue weighted by atomic mass is 10.1. The quantitative estimate of drug-likeness (QED) is 0.732. The smallest absolute Gasteiger partial charge is 0.338 e. The number of methoxy groups -OCH3 is 1. The van der Waals surface area contributed by atoms with E-state index in [4.69, 9.17) is 14.2 Å². The predicted octanol–water partition coefficient (Wildman–Crippen LogP) is 3.65. The van der Waals surface area contributed by atoms with Gasteiger partial charge in [0.2, 0.25) is 0 Å². The predicted molar refractivity (Wildman–Crippen MR) is 104 cm³/mol. The molecule has 0 aliphatic rings. The molecule has 0 aliphatic heterocycles. The first kappa shape index (κ1) is 21.4. The third-order valence-electron chi connectivity index (χ3n) is 3.86. The monoisotopic (exact) mass is 386 g/mol.